The second kappa shape index (κ2) is 10.2. The van der Waals surface area contributed by atoms with E-state index in [1.54, 1.807) is 0 Å². The summed E-state index contributed by atoms with van der Waals surface area (Å²) in [5.41, 5.74) is 7.46. The molecule has 0 aliphatic carbocycles. The molecule has 7 heteroatoms. The van der Waals surface area contributed by atoms with Gasteiger partial charge in [-0.25, -0.2) is 4.79 Å². The van der Waals surface area contributed by atoms with Crippen molar-refractivity contribution in [3.05, 3.63) is 29.8 Å². The third kappa shape index (κ3) is 6.02. The number of nitrogens with one attached hydrogen (secondary N) is 2. The van der Waals surface area contributed by atoms with Gasteiger partial charge >= 0.3 is 6.03 Å². The fourth-order valence-corrected chi connectivity index (χ4v) is 2.64. The number of amides is 3. The molecule has 1 aliphatic rings. The number of carbonyl (C=O) groups excluding carboxylic acids is 2. The number of urea groups is 1. The lowest BCUT2D eigenvalue weighted by molar-refractivity contribution is -0.122. The molecular formula is C17H27ClN4O2. The minimum absolute atomic E-state index is 0. The van der Waals surface area contributed by atoms with Crippen molar-refractivity contribution in [2.24, 2.45) is 5.73 Å². The number of hydrogen-bond acceptors (Lipinski definition) is 3. The Morgan fingerprint density at radius 3 is 2.67 bits per heavy atom. The van der Waals surface area contributed by atoms with Crippen LogP contribution in [0.3, 0.4) is 0 Å². The number of hydrogen-bond donors (Lipinski definition) is 3. The smallest absolute Gasteiger partial charge is 0.321 e. The van der Waals surface area contributed by atoms with Gasteiger partial charge in [0, 0.05) is 25.3 Å². The Balaban J connectivity index is 0.00000288. The average Bonchev–Trinajstić information content (AvgIpc) is 3.08. The maximum Gasteiger partial charge on any atom is 0.321 e. The number of rotatable bonds is 6. The fourth-order valence-electron chi connectivity index (χ4n) is 2.64. The third-order valence-electron chi connectivity index (χ3n) is 3.97. The molecule has 1 unspecified atom stereocenters. The monoisotopic (exact) mass is 354 g/mol. The van der Waals surface area contributed by atoms with Crippen LogP contribution in [0.2, 0.25) is 0 Å². The van der Waals surface area contributed by atoms with Gasteiger partial charge < -0.3 is 21.3 Å². The van der Waals surface area contributed by atoms with Crippen LogP contribution in [0.4, 0.5) is 10.5 Å². The summed E-state index contributed by atoms with van der Waals surface area (Å²) < 4.78 is 0. The molecule has 0 saturated carbocycles. The van der Waals surface area contributed by atoms with Crippen LogP contribution in [0.25, 0.3) is 0 Å². The summed E-state index contributed by atoms with van der Waals surface area (Å²) in [5.74, 6) is -0.140. The Hall–Kier alpha value is -1.79. The highest BCUT2D eigenvalue weighted by Gasteiger charge is 2.17. The Morgan fingerprint density at radius 2 is 2.00 bits per heavy atom. The van der Waals surface area contributed by atoms with E-state index in [2.05, 4.69) is 10.6 Å². The van der Waals surface area contributed by atoms with Crippen LogP contribution in [0.1, 0.15) is 38.2 Å². The van der Waals surface area contributed by atoms with Gasteiger partial charge in [-0.1, -0.05) is 25.5 Å². The van der Waals surface area contributed by atoms with Crippen LogP contribution in [0.15, 0.2) is 24.3 Å². The van der Waals surface area contributed by atoms with E-state index in [9.17, 15) is 9.59 Å². The topological polar surface area (TPSA) is 87.5 Å². The van der Waals surface area contributed by atoms with Gasteiger partial charge in [-0.15, -0.1) is 12.4 Å². The van der Waals surface area contributed by atoms with Gasteiger partial charge in [0.15, 0.2) is 0 Å². The van der Waals surface area contributed by atoms with E-state index >= 15 is 0 Å². The molecule has 0 aromatic heterocycles. The predicted molar refractivity (Wildman–Crippen MR) is 98.2 cm³/mol. The summed E-state index contributed by atoms with van der Waals surface area (Å²) >= 11 is 0. The van der Waals surface area contributed by atoms with E-state index in [0.717, 1.165) is 43.6 Å². The van der Waals surface area contributed by atoms with Crippen molar-refractivity contribution >= 4 is 30.0 Å². The first-order valence-electron chi connectivity index (χ1n) is 8.28. The minimum atomic E-state index is -0.460. The summed E-state index contributed by atoms with van der Waals surface area (Å²) in [4.78, 5) is 25.7. The summed E-state index contributed by atoms with van der Waals surface area (Å²) in [7, 11) is 0. The first kappa shape index (κ1) is 20.3. The highest BCUT2D eigenvalue weighted by atomic mass is 35.5. The molecule has 1 heterocycles. The summed E-state index contributed by atoms with van der Waals surface area (Å²) in [6, 6.07) is 6.98. The van der Waals surface area contributed by atoms with Gasteiger partial charge in [0.25, 0.3) is 0 Å². The van der Waals surface area contributed by atoms with Crippen molar-refractivity contribution in [2.75, 3.05) is 18.4 Å². The van der Waals surface area contributed by atoms with Gasteiger partial charge in [0.05, 0.1) is 6.04 Å². The highest BCUT2D eigenvalue weighted by Crippen LogP contribution is 2.14. The fraction of sp³-hybridized carbons (Fsp3) is 0.529. The van der Waals surface area contributed by atoms with Crippen molar-refractivity contribution < 1.29 is 9.59 Å². The van der Waals surface area contributed by atoms with Crippen molar-refractivity contribution in [1.82, 2.24) is 10.2 Å². The number of anilines is 1. The Bertz CT molecular complexity index is 547. The molecule has 1 fully saturated rings. The van der Waals surface area contributed by atoms with Crippen LogP contribution in [0, 0.1) is 0 Å². The summed E-state index contributed by atoms with van der Waals surface area (Å²) in [6.45, 7) is 4.04. The van der Waals surface area contributed by atoms with E-state index in [0.29, 0.717) is 13.0 Å². The maximum atomic E-state index is 12.1. The number of benzene rings is 1. The van der Waals surface area contributed by atoms with E-state index < -0.39 is 6.04 Å². The normalized spacial score (nSPS) is 14.7. The average molecular weight is 355 g/mol. The van der Waals surface area contributed by atoms with Crippen LogP contribution in [-0.2, 0) is 11.3 Å². The zero-order valence-electron chi connectivity index (χ0n) is 14.1. The van der Waals surface area contributed by atoms with Crippen molar-refractivity contribution in [3.63, 3.8) is 0 Å². The molecule has 2 rings (SSSR count). The molecule has 0 radical (unpaired) electrons. The van der Waals surface area contributed by atoms with Crippen LogP contribution < -0.4 is 16.4 Å². The molecule has 1 aromatic rings. The molecule has 1 aliphatic heterocycles. The van der Waals surface area contributed by atoms with Gasteiger partial charge in [0.1, 0.15) is 0 Å². The lowest BCUT2D eigenvalue weighted by Gasteiger charge is -2.16. The minimum Gasteiger partial charge on any atom is -0.351 e. The largest absolute Gasteiger partial charge is 0.351 e. The van der Waals surface area contributed by atoms with E-state index in [4.69, 9.17) is 5.73 Å². The van der Waals surface area contributed by atoms with Gasteiger partial charge in [-0.2, -0.15) is 0 Å². The number of halogens is 1. The quantitative estimate of drug-likeness (QED) is 0.733. The molecule has 0 spiro atoms. The van der Waals surface area contributed by atoms with Crippen molar-refractivity contribution in [1.29, 1.82) is 0 Å². The van der Waals surface area contributed by atoms with E-state index in [1.807, 2.05) is 36.1 Å². The van der Waals surface area contributed by atoms with Crippen molar-refractivity contribution in [3.8, 4) is 0 Å². The molecule has 24 heavy (non-hydrogen) atoms. The molecule has 3 amide bonds. The zero-order chi connectivity index (χ0) is 16.7. The molecule has 6 nitrogen and oxygen atoms in total. The Labute approximate surface area is 149 Å². The second-order valence-electron chi connectivity index (χ2n) is 5.94. The highest BCUT2D eigenvalue weighted by molar-refractivity contribution is 5.89. The molecule has 1 atom stereocenters. The predicted octanol–water partition coefficient (Wildman–Crippen LogP) is 2.48. The molecule has 134 valence electrons. The summed E-state index contributed by atoms with van der Waals surface area (Å²) in [5, 5.41) is 5.74. The van der Waals surface area contributed by atoms with Gasteiger partial charge in [0.2, 0.25) is 5.91 Å². The Morgan fingerprint density at radius 1 is 1.29 bits per heavy atom. The number of nitrogens with zero attached hydrogens (tertiary/aromatic N) is 1. The molecule has 1 aromatic carbocycles. The van der Waals surface area contributed by atoms with E-state index in [-0.39, 0.29) is 24.3 Å². The Kier molecular flexibility index (Phi) is 8.57. The lowest BCUT2D eigenvalue weighted by atomic mass is 10.1. The van der Waals surface area contributed by atoms with Gasteiger partial charge in [-0.05, 0) is 37.0 Å². The van der Waals surface area contributed by atoms with Crippen LogP contribution in [-0.4, -0.2) is 36.0 Å². The molecule has 1 saturated heterocycles. The lowest BCUT2D eigenvalue weighted by Crippen LogP contribution is -2.40. The molecule has 4 N–H and O–H groups in total. The first-order chi connectivity index (χ1) is 11.1. The zero-order valence-corrected chi connectivity index (χ0v) is 14.9. The number of likely N-dealkylation sites (tertiary alicyclic amines) is 1. The van der Waals surface area contributed by atoms with E-state index in [1.165, 1.54) is 0 Å². The third-order valence-corrected chi connectivity index (χ3v) is 3.97. The van der Waals surface area contributed by atoms with Gasteiger partial charge in [-0.3, -0.25) is 4.79 Å². The van der Waals surface area contributed by atoms with Crippen LogP contribution >= 0.6 is 12.4 Å². The van der Waals surface area contributed by atoms with Crippen molar-refractivity contribution in [2.45, 2.75) is 45.2 Å². The number of nitrogens with two attached hydrogens (primary N) is 1. The van der Waals surface area contributed by atoms with Crippen LogP contribution in [0.5, 0.6) is 0 Å². The standard InChI is InChI=1S/C17H26N4O2.ClH/c1-2-6-15(18)16(22)19-12-13-7-5-8-14(11-13)20-17(23)21-9-3-4-10-21;/h5,7-8,11,15H,2-4,6,9-10,12,18H2,1H3,(H,19,22)(H,20,23);1H. The maximum absolute atomic E-state index is 12.1. The first-order valence-corrected chi connectivity index (χ1v) is 8.28. The molecule has 0 bridgehead atoms. The number of carbonyl (C=O) groups is 2. The molecular weight excluding hydrogens is 328 g/mol. The second-order valence-corrected chi connectivity index (χ2v) is 5.94. The summed E-state index contributed by atoms with van der Waals surface area (Å²) in [6.07, 6.45) is 3.69. The SMILES string of the molecule is CCCC(N)C(=O)NCc1cccc(NC(=O)N2CCCC2)c1.Cl.